The molecule has 3 aromatic heterocycles. The summed E-state index contributed by atoms with van der Waals surface area (Å²) >= 11 is 3.55. The summed E-state index contributed by atoms with van der Waals surface area (Å²) in [6, 6.07) is 15.0. The Morgan fingerprint density at radius 1 is 1.09 bits per heavy atom. The average Bonchev–Trinajstić information content (AvgIpc) is 3.71. The van der Waals surface area contributed by atoms with Gasteiger partial charge in [-0.05, 0) is 79.9 Å². The van der Waals surface area contributed by atoms with E-state index in [1.54, 1.807) is 35.1 Å². The number of nitrogens with zero attached hydrogens (tertiary/aromatic N) is 3. The van der Waals surface area contributed by atoms with Crippen molar-refractivity contribution in [3.63, 3.8) is 0 Å². The molecule has 1 aliphatic carbocycles. The molecule has 9 nitrogen and oxygen atoms in total. The molecule has 1 saturated heterocycles. The van der Waals surface area contributed by atoms with E-state index in [2.05, 4.69) is 42.9 Å². The standard InChI is InChI=1S/C36H45N5O4S2/c1-36(2,3)39-35(45)29-22-40(21-27-19-32-31(47-27)10-15-46-32)13-14-41(29)20-26(42)17-25(16-23-8-11-37-12-9-23)34(44)38-33-28-7-5-4-6-24(28)18-30(33)43/h4-12,15,19,25-26,29-30,33,42-43H,13-14,16-18,20-22H2,1-3H3,(H,38,44)(H,39,45)/t25-,26+,29+,30-,33+/m1/s1. The van der Waals surface area contributed by atoms with Crippen molar-refractivity contribution in [3.05, 3.63) is 87.9 Å². The summed E-state index contributed by atoms with van der Waals surface area (Å²) in [5.41, 5.74) is 2.53. The first-order valence-corrected chi connectivity index (χ1v) is 18.1. The third kappa shape index (κ3) is 8.46. The minimum atomic E-state index is -0.839. The summed E-state index contributed by atoms with van der Waals surface area (Å²) in [6.07, 6.45) is 3.01. The highest BCUT2D eigenvalue weighted by atomic mass is 32.1. The smallest absolute Gasteiger partial charge is 0.239 e. The Balaban J connectivity index is 1.15. The Hall–Kier alpha value is -3.19. The van der Waals surface area contributed by atoms with Crippen LogP contribution in [0, 0.1) is 5.92 Å². The number of nitrogens with one attached hydrogen (secondary N) is 2. The van der Waals surface area contributed by atoms with Gasteiger partial charge in [0.05, 0.1) is 18.2 Å². The maximum Gasteiger partial charge on any atom is 0.239 e. The first-order valence-electron chi connectivity index (χ1n) is 16.4. The van der Waals surface area contributed by atoms with E-state index < -0.39 is 30.2 Å². The quantitative estimate of drug-likeness (QED) is 0.189. The molecule has 1 aliphatic heterocycles. The zero-order valence-electron chi connectivity index (χ0n) is 27.3. The van der Waals surface area contributed by atoms with Gasteiger partial charge in [-0.2, -0.15) is 0 Å². The zero-order chi connectivity index (χ0) is 33.1. The molecule has 1 aromatic carbocycles. The van der Waals surface area contributed by atoms with Gasteiger partial charge in [-0.1, -0.05) is 24.3 Å². The van der Waals surface area contributed by atoms with Crippen molar-refractivity contribution in [2.24, 2.45) is 5.92 Å². The van der Waals surface area contributed by atoms with Gasteiger partial charge in [-0.15, -0.1) is 22.7 Å². The van der Waals surface area contributed by atoms with Crippen LogP contribution < -0.4 is 10.6 Å². The van der Waals surface area contributed by atoms with Gasteiger partial charge in [0.15, 0.2) is 0 Å². The molecule has 2 aliphatic rings. The fourth-order valence-electron chi connectivity index (χ4n) is 6.83. The number of carbonyl (C=O) groups excluding carboxylic acids is 2. The zero-order valence-corrected chi connectivity index (χ0v) is 28.9. The lowest BCUT2D eigenvalue weighted by Gasteiger charge is -2.42. The number of amides is 2. The van der Waals surface area contributed by atoms with Gasteiger partial charge < -0.3 is 20.8 Å². The number of hydrogen-bond donors (Lipinski definition) is 4. The van der Waals surface area contributed by atoms with Gasteiger partial charge in [0.2, 0.25) is 11.8 Å². The van der Waals surface area contributed by atoms with Crippen LogP contribution in [-0.4, -0.2) is 86.8 Å². The fourth-order valence-corrected chi connectivity index (χ4v) is 9.01. The Kier molecular flexibility index (Phi) is 10.4. The second-order valence-corrected chi connectivity index (χ2v) is 16.1. The van der Waals surface area contributed by atoms with E-state index in [1.165, 1.54) is 14.3 Å². The monoisotopic (exact) mass is 675 g/mol. The highest BCUT2D eigenvalue weighted by Gasteiger charge is 2.37. The SMILES string of the molecule is CC(C)(C)NC(=O)[C@@H]1CN(Cc2cc3sccc3s2)CCN1C[C@@H](O)C[C@@H](Cc1ccncc1)C(=O)N[C@H]1c2ccccc2C[C@H]1O. The average molecular weight is 676 g/mol. The first-order chi connectivity index (χ1) is 22.5. The third-order valence-electron chi connectivity index (χ3n) is 9.05. The molecule has 4 heterocycles. The Bertz CT molecular complexity index is 1640. The van der Waals surface area contributed by atoms with Gasteiger partial charge in [-0.3, -0.25) is 24.4 Å². The van der Waals surface area contributed by atoms with Gasteiger partial charge in [0, 0.05) is 77.3 Å². The largest absolute Gasteiger partial charge is 0.392 e. The van der Waals surface area contributed by atoms with Gasteiger partial charge in [-0.25, -0.2) is 0 Å². The maximum atomic E-state index is 13.8. The molecule has 2 amide bonds. The predicted octanol–water partition coefficient (Wildman–Crippen LogP) is 4.14. The lowest BCUT2D eigenvalue weighted by molar-refractivity contribution is -0.132. The molecule has 0 saturated carbocycles. The minimum Gasteiger partial charge on any atom is -0.392 e. The predicted molar refractivity (Wildman–Crippen MR) is 187 cm³/mol. The Labute approximate surface area is 284 Å². The van der Waals surface area contributed by atoms with Crippen molar-refractivity contribution < 1.29 is 19.8 Å². The van der Waals surface area contributed by atoms with Crippen molar-refractivity contribution in [1.29, 1.82) is 0 Å². The molecule has 1 fully saturated rings. The van der Waals surface area contributed by atoms with Crippen LogP contribution in [0.25, 0.3) is 9.40 Å². The Morgan fingerprint density at radius 2 is 1.87 bits per heavy atom. The van der Waals surface area contributed by atoms with E-state index in [0.29, 0.717) is 25.9 Å². The number of benzene rings is 1. The summed E-state index contributed by atoms with van der Waals surface area (Å²) in [4.78, 5) is 37.3. The number of hydrogen-bond acceptors (Lipinski definition) is 9. The number of rotatable bonds is 11. The van der Waals surface area contributed by atoms with Crippen molar-refractivity contribution in [2.75, 3.05) is 26.2 Å². The summed E-state index contributed by atoms with van der Waals surface area (Å²) in [5, 5.41) is 30.7. The lowest BCUT2D eigenvalue weighted by atomic mass is 9.92. The van der Waals surface area contributed by atoms with Crippen molar-refractivity contribution in [3.8, 4) is 0 Å². The van der Waals surface area contributed by atoms with Crippen LogP contribution in [0.4, 0.5) is 0 Å². The number of aromatic nitrogens is 1. The first kappa shape index (κ1) is 33.7. The number of carbonyl (C=O) groups is 2. The van der Waals surface area contributed by atoms with Gasteiger partial charge >= 0.3 is 0 Å². The molecular formula is C36H45N5O4S2. The number of aliphatic hydroxyl groups excluding tert-OH is 2. The van der Waals surface area contributed by atoms with E-state index in [1.807, 2.05) is 57.2 Å². The topological polar surface area (TPSA) is 118 Å². The van der Waals surface area contributed by atoms with Crippen LogP contribution >= 0.6 is 22.7 Å². The number of pyridine rings is 1. The number of fused-ring (bicyclic) bond motifs is 2. The van der Waals surface area contributed by atoms with Crippen LogP contribution in [0.1, 0.15) is 54.8 Å². The number of thiophene rings is 2. The van der Waals surface area contributed by atoms with E-state index in [-0.39, 0.29) is 30.3 Å². The molecule has 0 radical (unpaired) electrons. The van der Waals surface area contributed by atoms with Crippen LogP contribution in [-0.2, 0) is 29.0 Å². The van der Waals surface area contributed by atoms with Gasteiger partial charge in [0.25, 0.3) is 0 Å². The lowest BCUT2D eigenvalue weighted by Crippen LogP contribution is -2.61. The fraction of sp³-hybridized carbons (Fsp3) is 0.472. The number of piperazine rings is 1. The summed E-state index contributed by atoms with van der Waals surface area (Å²) in [5.74, 6) is -0.797. The molecular weight excluding hydrogens is 631 g/mol. The number of aliphatic hydroxyl groups is 2. The highest BCUT2D eigenvalue weighted by Crippen LogP contribution is 2.33. The molecule has 5 atom stereocenters. The summed E-state index contributed by atoms with van der Waals surface area (Å²) in [6.45, 7) is 8.95. The van der Waals surface area contributed by atoms with Crippen LogP contribution in [0.15, 0.2) is 66.3 Å². The van der Waals surface area contributed by atoms with E-state index in [9.17, 15) is 19.8 Å². The van der Waals surface area contributed by atoms with Crippen molar-refractivity contribution in [1.82, 2.24) is 25.4 Å². The van der Waals surface area contributed by atoms with Crippen LogP contribution in [0.2, 0.25) is 0 Å². The molecule has 6 rings (SSSR count). The number of β-amino-alcohol motifs (C(OH)–C–C–N with tert-alkyl or cyclic N) is 1. The maximum absolute atomic E-state index is 13.8. The highest BCUT2D eigenvalue weighted by molar-refractivity contribution is 7.26. The second kappa shape index (κ2) is 14.5. The van der Waals surface area contributed by atoms with Gasteiger partial charge in [0.1, 0.15) is 6.04 Å². The summed E-state index contributed by atoms with van der Waals surface area (Å²) in [7, 11) is 0. The van der Waals surface area contributed by atoms with E-state index in [0.717, 1.165) is 29.8 Å². The molecule has 0 unspecified atom stereocenters. The van der Waals surface area contributed by atoms with Crippen molar-refractivity contribution in [2.45, 2.75) is 76.4 Å². The third-order valence-corrected chi connectivity index (χ3v) is 11.1. The van der Waals surface area contributed by atoms with E-state index >= 15 is 0 Å². The summed E-state index contributed by atoms with van der Waals surface area (Å²) < 4.78 is 2.59. The second-order valence-electron chi connectivity index (χ2n) is 13.9. The molecule has 4 aromatic rings. The van der Waals surface area contributed by atoms with E-state index in [4.69, 9.17) is 0 Å². The normalized spacial score (nSPS) is 21.8. The van der Waals surface area contributed by atoms with Crippen LogP contribution in [0.3, 0.4) is 0 Å². The molecule has 47 heavy (non-hydrogen) atoms. The molecule has 250 valence electrons. The molecule has 11 heteroatoms. The molecule has 0 bridgehead atoms. The van der Waals surface area contributed by atoms with Crippen molar-refractivity contribution >= 4 is 43.9 Å². The minimum absolute atomic E-state index is 0.0541. The van der Waals surface area contributed by atoms with Crippen LogP contribution in [0.5, 0.6) is 0 Å². The molecule has 0 spiro atoms. The Morgan fingerprint density at radius 3 is 2.64 bits per heavy atom. The molecule has 4 N–H and O–H groups in total.